The molecule has 52 heteroatoms. The number of hydrogen-bond donors (Lipinski definition) is 29. The number of aliphatic hydroxyl groups is 2. The Hall–Kier alpha value is -15.0. The number of carbonyl (C=O) groups excluding carboxylic acids is 20. The van der Waals surface area contributed by atoms with Gasteiger partial charge in [-0.2, -0.15) is 0 Å². The molecule has 804 valence electrons. The van der Waals surface area contributed by atoms with Gasteiger partial charge in [0.05, 0.1) is 39.1 Å². The minimum Gasteiger partial charge on any atom is -0.508 e. The van der Waals surface area contributed by atoms with Crippen LogP contribution in [0, 0.1) is 35.0 Å². The smallest absolute Gasteiger partial charge is 0.326 e. The molecule has 20 amide bonds. The van der Waals surface area contributed by atoms with E-state index in [-0.39, 0.29) is 75.5 Å². The number of likely N-dealkylation sites (tertiary alicyclic amines) is 1. The van der Waals surface area contributed by atoms with Crippen molar-refractivity contribution in [3.63, 3.8) is 0 Å². The van der Waals surface area contributed by atoms with E-state index in [1.54, 1.807) is 65.8 Å². The summed E-state index contributed by atoms with van der Waals surface area (Å²) in [4.78, 5) is 309. The van der Waals surface area contributed by atoms with Crippen LogP contribution in [0.3, 0.4) is 0 Å². The fourth-order valence-electron chi connectivity index (χ4n) is 16.0. The molecule has 1 unspecified atom stereocenters. The van der Waals surface area contributed by atoms with Crippen molar-refractivity contribution in [1.82, 2.24) is 116 Å². The minimum absolute atomic E-state index is 0.0706. The molecule has 0 radical (unpaired) electrons. The number of H-pyrrole nitrogens is 2. The molecule has 17 atom stereocenters. The van der Waals surface area contributed by atoms with Gasteiger partial charge >= 0.3 is 5.97 Å². The lowest BCUT2D eigenvalue weighted by Crippen LogP contribution is -2.62. The first-order valence-corrected chi connectivity index (χ1v) is 48.5. The van der Waals surface area contributed by atoms with E-state index in [0.29, 0.717) is 47.7 Å². The number of carboxylic acid groups (broad SMARTS) is 1. The van der Waals surface area contributed by atoms with E-state index in [9.17, 15) is 102 Å². The van der Waals surface area contributed by atoms with Crippen molar-refractivity contribution in [1.29, 1.82) is 5.41 Å². The molecular weight excluding hydrogens is 1910 g/mol. The Bertz CT molecular complexity index is 5210. The van der Waals surface area contributed by atoms with Crippen LogP contribution in [-0.4, -0.2) is 313 Å². The summed E-state index contributed by atoms with van der Waals surface area (Å²) in [6.07, 6.45) is 0.734. The average Bonchev–Trinajstić information content (AvgIpc) is 1.73. The molecule has 4 aromatic rings. The number of hydrogen-bond acceptors (Lipinski definition) is 27. The van der Waals surface area contributed by atoms with Gasteiger partial charge in [0, 0.05) is 74.2 Å². The highest BCUT2D eigenvalue weighted by Gasteiger charge is 2.44. The second kappa shape index (κ2) is 59.3. The number of amides is 20. The number of aromatic amines is 2. The molecule has 0 saturated carbocycles. The van der Waals surface area contributed by atoms with Crippen LogP contribution in [0.4, 0.5) is 0 Å². The number of guanidine groups is 1. The van der Waals surface area contributed by atoms with Crippen LogP contribution in [0.25, 0.3) is 10.9 Å². The minimum atomic E-state index is -1.99. The topological polar surface area (TPSA) is 832 Å². The van der Waals surface area contributed by atoms with E-state index in [4.69, 9.17) is 28.3 Å². The third kappa shape index (κ3) is 38.6. The number of para-hydroxylation sites is 1. The van der Waals surface area contributed by atoms with E-state index < -0.39 is 322 Å². The molecule has 33 N–H and O–H groups in total. The van der Waals surface area contributed by atoms with Crippen molar-refractivity contribution in [2.45, 2.75) is 275 Å². The highest BCUT2D eigenvalue weighted by Crippen LogP contribution is 2.24. The van der Waals surface area contributed by atoms with Crippen LogP contribution < -0.4 is 119 Å². The zero-order valence-corrected chi connectivity index (χ0v) is 83.5. The van der Waals surface area contributed by atoms with Crippen LogP contribution in [-0.2, 0) is 120 Å². The zero-order chi connectivity index (χ0) is 108. The van der Waals surface area contributed by atoms with E-state index in [0.717, 1.165) is 0 Å². The number of fused-ring (bicyclic) bond motifs is 1. The van der Waals surface area contributed by atoms with E-state index in [1.165, 1.54) is 75.6 Å². The number of benzene rings is 2. The number of aromatic hydroxyl groups is 1. The second-order valence-corrected chi connectivity index (χ2v) is 37.6. The maximum Gasteiger partial charge on any atom is 0.326 e. The average molecular weight is 2050 g/mol. The summed E-state index contributed by atoms with van der Waals surface area (Å²) in [7, 11) is 0. The molecule has 4 heterocycles. The maximum absolute atomic E-state index is 15.5. The lowest BCUT2D eigenvalue weighted by atomic mass is 9.95. The van der Waals surface area contributed by atoms with Crippen molar-refractivity contribution in [2.24, 2.45) is 52.5 Å². The predicted octanol–water partition coefficient (Wildman–Crippen LogP) is -7.42. The Morgan fingerprint density at radius 3 is 1.74 bits per heavy atom. The van der Waals surface area contributed by atoms with Gasteiger partial charge in [-0.3, -0.25) is 101 Å². The van der Waals surface area contributed by atoms with E-state index >= 15 is 19.2 Å². The van der Waals surface area contributed by atoms with E-state index in [1.807, 2.05) is 0 Å². The molecule has 2 fully saturated rings. The number of imidazole rings is 1. The predicted molar refractivity (Wildman–Crippen MR) is 525 cm³/mol. The first kappa shape index (κ1) is 120. The third-order valence-corrected chi connectivity index (χ3v) is 24.4. The number of aliphatic carboxylic acids is 1. The van der Waals surface area contributed by atoms with Crippen LogP contribution in [0.15, 0.2) is 67.3 Å². The number of nitrogens with one attached hydrogen (secondary N) is 21. The van der Waals surface area contributed by atoms with Crippen LogP contribution in [0.1, 0.15) is 176 Å². The molecule has 0 bridgehead atoms. The molecule has 2 aliphatic rings. The fourth-order valence-corrected chi connectivity index (χ4v) is 16.0. The van der Waals surface area contributed by atoms with Crippen LogP contribution in [0.2, 0.25) is 0 Å². The van der Waals surface area contributed by atoms with Gasteiger partial charge in [-0.05, 0) is 130 Å². The Labute approximate surface area is 842 Å². The molecule has 6 rings (SSSR count). The standard InChI is InChI=1S/C94H143N27O25/c1-11-50(10)77(91(143)111-60(20-14-15-31-95)92(144)121-33-17-22-68(121)93(145)146)120-90(142)76(49(8)9)119-85(137)65(38-70(97)126)114-87(139)67(44-123)116-82(134)64(37-53-40-100-45-105-53)106-73(129)42-104-88(140)74(47(4)5)117-84(136)63(36-52-39-102-56-19-13-12-18-55(52)56)113-80(132)59-28-30-71(127)103-41-72(128)107-66(43-122)86(138)110-58(27-29-69(96)125)79(131)112-61(34-46(2)3)83(135)118-75(48(6)7)89(141)115-62(35-51-23-25-54(124)26-24-51)81(133)108-57(78(130)109-59)21-16-32-101-94(98)99/h12-13,18-19,23-26,39-40,45-50,57-68,74-77,102,122-124H,11,14-17,20-22,27-38,41-44,95H2,1-10H3,(H2,96,125)(H2,97,126)(H,100,105)(H,103,127)(H,104,140)(H,106,129)(H,107,128)(H,108,133)(H,109,130)(H,110,138)(H,111,143)(H,112,131)(H,113,132)(H,114,139)(H,115,141)(H,116,134)(H,117,136)(H,118,135)(H,119,137)(H,120,142)(H,145,146)(H4,98,99,101)/t50-,57-,58-,59-,60-,61-,62-,63-,64-,65-,66-,67-,68-,74-,75?,76-,77-/m0/s1. The second-order valence-electron chi connectivity index (χ2n) is 37.6. The SMILES string of the molecule is CC[C@H](C)[C@H](NC(=O)[C@@H](NC(=O)[C@H](CC(N)=O)NC(=O)[C@H](CO)NC(=O)[C@H](Cc1cnc[nH]1)NC(=O)CNC(=O)[C@@H](NC(=O)[C@H](Cc1c[nH]c2ccccc12)NC(=O)[C@@H]1CCC(=O)NCC(=O)N[C@@H](CO)C(=O)N[C@@H](CCC(N)=O)C(=O)N[C@@H](CC(C)C)C(=O)NC(C(C)C)C(=O)N[C@@H](Cc2ccc(O)cc2)C(=O)N[C@@H](CCCNC(=N)N)C(=O)N1)C(C)C)C(C)C)C(=O)N[C@@H](CCCCN)C(=O)N1CCC[C@H]1C(=O)O. The number of phenols is 1. The molecule has 0 aliphatic carbocycles. The highest BCUT2D eigenvalue weighted by molar-refractivity contribution is 6.03. The Morgan fingerprint density at radius 1 is 0.562 bits per heavy atom. The third-order valence-electron chi connectivity index (χ3n) is 24.4. The van der Waals surface area contributed by atoms with Crippen molar-refractivity contribution in [3.8, 4) is 5.75 Å². The summed E-state index contributed by atoms with van der Waals surface area (Å²) >= 11 is 0. The van der Waals surface area contributed by atoms with Gasteiger partial charge in [-0.1, -0.05) is 106 Å². The summed E-state index contributed by atoms with van der Waals surface area (Å²) in [6.45, 7) is 12.0. The number of aromatic nitrogens is 3. The number of carbonyl (C=O) groups is 21. The van der Waals surface area contributed by atoms with Gasteiger partial charge < -0.3 is 154 Å². The quantitative estimate of drug-likeness (QED) is 0.0111. The van der Waals surface area contributed by atoms with Crippen molar-refractivity contribution < 1.29 is 121 Å². The number of primary amides is 2. The molecule has 52 nitrogen and oxygen atoms in total. The molecule has 2 aliphatic heterocycles. The summed E-state index contributed by atoms with van der Waals surface area (Å²) in [5.74, 6) is -26.3. The van der Waals surface area contributed by atoms with Crippen molar-refractivity contribution >= 4 is 141 Å². The van der Waals surface area contributed by atoms with Crippen LogP contribution >= 0.6 is 0 Å². The van der Waals surface area contributed by atoms with Gasteiger partial charge in [0.15, 0.2) is 5.96 Å². The monoisotopic (exact) mass is 2050 g/mol. The van der Waals surface area contributed by atoms with Gasteiger partial charge in [0.2, 0.25) is 118 Å². The highest BCUT2D eigenvalue weighted by atomic mass is 16.4. The number of unbranched alkanes of at least 4 members (excludes halogenated alkanes) is 1. The maximum atomic E-state index is 15.5. The normalized spacial score (nSPS) is 20.0. The number of aliphatic hydroxyl groups excluding tert-OH is 2. The molecule has 146 heavy (non-hydrogen) atoms. The number of nitrogens with zero attached hydrogens (tertiary/aromatic N) is 2. The van der Waals surface area contributed by atoms with Crippen LogP contribution in [0.5, 0.6) is 5.75 Å². The lowest BCUT2D eigenvalue weighted by molar-refractivity contribution is -0.149. The fraction of sp³-hybridized carbons (Fsp3) is 0.585. The number of carboxylic acids is 1. The number of rotatable bonds is 48. The molecule has 2 aromatic heterocycles. The summed E-state index contributed by atoms with van der Waals surface area (Å²) in [6, 6.07) is -13.8. The van der Waals surface area contributed by atoms with Gasteiger partial charge in [0.25, 0.3) is 0 Å². The number of phenolic OH excluding ortho intramolecular Hbond substituents is 1. The Morgan fingerprint density at radius 2 is 1.14 bits per heavy atom. The van der Waals surface area contributed by atoms with Gasteiger partial charge in [-0.15, -0.1) is 0 Å². The van der Waals surface area contributed by atoms with Gasteiger partial charge in [0.1, 0.15) is 102 Å². The molecule has 2 aromatic carbocycles. The Kier molecular flexibility index (Phi) is 48.6. The first-order chi connectivity index (χ1) is 69.1. The van der Waals surface area contributed by atoms with Crippen molar-refractivity contribution in [2.75, 3.05) is 45.9 Å². The molecular formula is C94H143N27O25. The van der Waals surface area contributed by atoms with E-state index in [2.05, 4.69) is 111 Å². The molecule has 0 spiro atoms. The van der Waals surface area contributed by atoms with Crippen molar-refractivity contribution in [3.05, 3.63) is 84.1 Å². The Balaban J connectivity index is 1.28. The first-order valence-electron chi connectivity index (χ1n) is 48.5. The zero-order valence-electron chi connectivity index (χ0n) is 83.5. The van der Waals surface area contributed by atoms with Gasteiger partial charge in [-0.25, -0.2) is 9.78 Å². The summed E-state index contributed by atoms with van der Waals surface area (Å²) in [5.41, 5.74) is 23.9. The summed E-state index contributed by atoms with van der Waals surface area (Å²) in [5, 5.41) is 94.7. The number of nitrogens with two attached hydrogens (primary N) is 4. The lowest BCUT2D eigenvalue weighted by Gasteiger charge is -2.31. The molecule has 2 saturated heterocycles. The largest absolute Gasteiger partial charge is 0.508 e. The summed E-state index contributed by atoms with van der Waals surface area (Å²) < 4.78 is 0.